The average molecular weight is 748 g/mol. The third kappa shape index (κ3) is 5.17. The number of anilines is 1. The summed E-state index contributed by atoms with van der Waals surface area (Å²) < 4.78 is 88.7. The normalized spacial score (nSPS) is 25.9. The zero-order valence-electron chi connectivity index (χ0n) is 28.3. The fourth-order valence-electron chi connectivity index (χ4n) is 8.51. The summed E-state index contributed by atoms with van der Waals surface area (Å²) in [6.07, 6.45) is -0.511. The number of rotatable bonds is 6. The molecule has 0 bridgehead atoms. The van der Waals surface area contributed by atoms with Gasteiger partial charge >= 0.3 is 12.3 Å². The average Bonchev–Trinajstić information content (AvgIpc) is 3.52. The minimum absolute atomic E-state index is 0.00190. The van der Waals surface area contributed by atoms with Crippen molar-refractivity contribution >= 4 is 50.4 Å². The fourth-order valence-corrected chi connectivity index (χ4v) is 8.89. The van der Waals surface area contributed by atoms with Crippen LogP contribution in [0.15, 0.2) is 24.2 Å². The van der Waals surface area contributed by atoms with E-state index in [1.807, 2.05) is 0 Å². The summed E-state index contributed by atoms with van der Waals surface area (Å²) in [6, 6.07) is 1.42. The molecule has 4 aliphatic rings. The number of β-amino-alcohol motifs (C(OH)–C–C–N with tert-alkyl or cyclic N) is 1. The van der Waals surface area contributed by atoms with Crippen LogP contribution in [0, 0.1) is 0 Å². The van der Waals surface area contributed by atoms with Crippen molar-refractivity contribution in [2.24, 2.45) is 7.05 Å². The molecule has 3 aliphatic heterocycles. The number of fused-ring (bicyclic) bond motifs is 5. The van der Waals surface area contributed by atoms with Gasteiger partial charge in [0.25, 0.3) is 0 Å². The van der Waals surface area contributed by atoms with E-state index in [4.69, 9.17) is 31.0 Å². The number of aryl methyl sites for hydroxylation is 1. The summed E-state index contributed by atoms with van der Waals surface area (Å²) in [5.41, 5.74) is -2.87. The summed E-state index contributed by atoms with van der Waals surface area (Å²) in [5.74, 6) is 0.0776. The van der Waals surface area contributed by atoms with E-state index in [-0.39, 0.29) is 106 Å². The number of aromatic amines is 1. The molecule has 12 nitrogen and oxygen atoms in total. The molecule has 2 N–H and O–H groups in total. The molecule has 5 aromatic rings. The lowest BCUT2D eigenvalue weighted by Gasteiger charge is -2.31. The molecule has 0 unspecified atom stereocenters. The van der Waals surface area contributed by atoms with Crippen LogP contribution in [0.3, 0.4) is 0 Å². The van der Waals surface area contributed by atoms with E-state index in [1.54, 1.807) is 18.9 Å². The Morgan fingerprint density at radius 2 is 1.98 bits per heavy atom. The fraction of sp³-hybridized carbons (Fsp3) is 0.529. The Hall–Kier alpha value is -4.06. The first-order valence-corrected chi connectivity index (χ1v) is 17.5. The molecule has 3 saturated heterocycles. The van der Waals surface area contributed by atoms with Gasteiger partial charge in [-0.2, -0.15) is 24.8 Å². The summed E-state index contributed by atoms with van der Waals surface area (Å²) in [5, 5.41) is 22.6. The van der Waals surface area contributed by atoms with Gasteiger partial charge in [-0.25, -0.2) is 8.78 Å². The number of hydrogen-bond donors (Lipinski definition) is 2. The monoisotopic (exact) mass is 747 g/mol. The van der Waals surface area contributed by atoms with Gasteiger partial charge in [-0.05, 0) is 57.2 Å². The van der Waals surface area contributed by atoms with Crippen molar-refractivity contribution in [1.82, 2.24) is 39.4 Å². The molecule has 1 aromatic carbocycles. The van der Waals surface area contributed by atoms with E-state index in [0.29, 0.717) is 35.8 Å². The topological polar surface area (TPSA) is 122 Å². The predicted octanol–water partition coefficient (Wildman–Crippen LogP) is 6.01. The highest BCUT2D eigenvalue weighted by Crippen LogP contribution is 2.57. The predicted molar refractivity (Wildman–Crippen MR) is 182 cm³/mol. The van der Waals surface area contributed by atoms with Gasteiger partial charge < -0.3 is 24.0 Å². The van der Waals surface area contributed by atoms with Gasteiger partial charge in [-0.3, -0.25) is 10.00 Å². The molecule has 4 aromatic heterocycles. The van der Waals surface area contributed by atoms with Crippen LogP contribution < -0.4 is 9.64 Å². The number of hydrogen-bond acceptors (Lipinski definition) is 9. The van der Waals surface area contributed by atoms with Crippen molar-refractivity contribution in [1.29, 1.82) is 0 Å². The Labute approximate surface area is 298 Å². The molecule has 9 rings (SSSR count). The molecule has 1 saturated carbocycles. The van der Waals surface area contributed by atoms with E-state index < -0.39 is 23.1 Å². The Morgan fingerprint density at radius 1 is 1.17 bits per heavy atom. The third-order valence-corrected chi connectivity index (χ3v) is 11.3. The second-order valence-corrected chi connectivity index (χ2v) is 15.3. The van der Waals surface area contributed by atoms with Crippen LogP contribution >= 0.6 is 11.6 Å². The maximum atomic E-state index is 16.2. The highest BCUT2D eigenvalue weighted by Gasteiger charge is 2.50. The quantitative estimate of drug-likeness (QED) is 0.201. The molecule has 2 atom stereocenters. The van der Waals surface area contributed by atoms with Crippen molar-refractivity contribution in [2.45, 2.75) is 62.1 Å². The van der Waals surface area contributed by atoms with E-state index in [1.165, 1.54) is 16.8 Å². The van der Waals surface area contributed by atoms with Gasteiger partial charge in [0.2, 0.25) is 0 Å². The number of benzene rings is 1. The molecule has 0 radical (unpaired) electrons. The molecule has 276 valence electrons. The van der Waals surface area contributed by atoms with Gasteiger partial charge in [0.15, 0.2) is 5.65 Å². The maximum absolute atomic E-state index is 16.2. The van der Waals surface area contributed by atoms with Crippen molar-refractivity contribution < 1.29 is 36.5 Å². The van der Waals surface area contributed by atoms with Crippen LogP contribution in [-0.2, 0) is 23.8 Å². The third-order valence-electron chi connectivity index (χ3n) is 11.0. The van der Waals surface area contributed by atoms with E-state index in [0.717, 1.165) is 19.4 Å². The molecule has 0 amide bonds. The van der Waals surface area contributed by atoms with Crippen molar-refractivity contribution in [3.63, 3.8) is 0 Å². The highest BCUT2D eigenvalue weighted by molar-refractivity contribution is 6.33. The molecule has 7 heterocycles. The molecule has 0 spiro atoms. The Morgan fingerprint density at radius 3 is 2.73 bits per heavy atom. The lowest BCUT2D eigenvalue weighted by atomic mass is 9.94. The summed E-state index contributed by atoms with van der Waals surface area (Å²) in [6.45, 7) is 3.30. The smallest absolute Gasteiger partial charge is 0.461 e. The second kappa shape index (κ2) is 11.5. The minimum atomic E-state index is -5.03. The SMILES string of the molecule is Cn1c2nc(OC[C@@]34CCCN3C/C(=C\F)C4)nc(N3CCOC[C@@](C)(O)C3)c2c2c1c(-c1c(C3(F)CC3)c(Cl)cc3[nH]ncc13)nn2C(F)(F)F. The number of alkyl halides is 4. The first-order chi connectivity index (χ1) is 24.7. The number of nitrogens with one attached hydrogen (secondary N) is 1. The summed E-state index contributed by atoms with van der Waals surface area (Å²) in [4.78, 5) is 13.3. The van der Waals surface area contributed by atoms with Gasteiger partial charge in [-0.15, -0.1) is 13.2 Å². The lowest BCUT2D eigenvalue weighted by Crippen LogP contribution is -2.44. The largest absolute Gasteiger partial charge is 0.505 e. The standard InChI is InChI=1S/C34H35ClF5N9O3/c1-31(50)15-47(8-9-51-16-31)29-23-26-27(46(2)28(23)42-30(43-29)52-17-32-4-3-7-48(32)14-18(11-32)12-36)25(45-49(26)34(38,39)40)22-19-13-41-44-21(19)10-20(35)24(22)33(37)5-6-33/h10,12-13,50H,3-9,11,14-17H2,1-2H3,(H,41,44)/b18-12-/t31-,32-/m0/s1. The maximum Gasteiger partial charge on any atom is 0.505 e. The van der Waals surface area contributed by atoms with Crippen molar-refractivity contribution in [3.05, 3.63) is 34.8 Å². The molecule has 18 heteroatoms. The Bertz CT molecular complexity index is 2290. The van der Waals surface area contributed by atoms with Gasteiger partial charge in [0.1, 0.15) is 34.9 Å². The van der Waals surface area contributed by atoms with E-state index in [2.05, 4.69) is 20.2 Å². The van der Waals surface area contributed by atoms with Crippen molar-refractivity contribution in [2.75, 3.05) is 50.9 Å². The molecule has 1 aliphatic carbocycles. The lowest BCUT2D eigenvalue weighted by molar-refractivity contribution is -0.208. The number of nitrogens with zero attached hydrogens (tertiary/aromatic N) is 8. The molecule has 52 heavy (non-hydrogen) atoms. The zero-order valence-corrected chi connectivity index (χ0v) is 29.1. The Kier molecular flexibility index (Phi) is 7.44. The minimum Gasteiger partial charge on any atom is -0.461 e. The van der Waals surface area contributed by atoms with Crippen LogP contribution in [0.2, 0.25) is 5.02 Å². The van der Waals surface area contributed by atoms with Crippen LogP contribution in [-0.4, -0.2) is 102 Å². The Balaban J connectivity index is 1.30. The van der Waals surface area contributed by atoms with E-state index in [9.17, 15) is 9.50 Å². The number of aliphatic hydroxyl groups is 1. The zero-order chi connectivity index (χ0) is 36.4. The van der Waals surface area contributed by atoms with Gasteiger partial charge in [-0.1, -0.05) is 11.6 Å². The van der Waals surface area contributed by atoms with E-state index >= 15 is 17.6 Å². The van der Waals surface area contributed by atoms with Gasteiger partial charge in [0.05, 0.1) is 54.2 Å². The van der Waals surface area contributed by atoms with Crippen LogP contribution in [0.4, 0.5) is 27.8 Å². The molecular formula is C34H35ClF5N9O3. The first kappa shape index (κ1) is 33.8. The van der Waals surface area contributed by atoms with Crippen LogP contribution in [0.5, 0.6) is 6.01 Å². The second-order valence-electron chi connectivity index (χ2n) is 14.9. The first-order valence-electron chi connectivity index (χ1n) is 17.1. The number of halogens is 6. The molecule has 4 fully saturated rings. The number of aromatic nitrogens is 7. The van der Waals surface area contributed by atoms with Crippen LogP contribution in [0.1, 0.15) is 44.6 Å². The number of ether oxygens (including phenoxy) is 2. The number of H-pyrrole nitrogens is 1. The summed E-state index contributed by atoms with van der Waals surface area (Å²) in [7, 11) is 1.56. The van der Waals surface area contributed by atoms with Crippen LogP contribution in [0.25, 0.3) is 44.2 Å². The summed E-state index contributed by atoms with van der Waals surface area (Å²) >= 11 is 6.68. The highest BCUT2D eigenvalue weighted by atomic mass is 35.5. The van der Waals surface area contributed by atoms with Crippen molar-refractivity contribution in [3.8, 4) is 17.3 Å². The molecular weight excluding hydrogens is 713 g/mol. The van der Waals surface area contributed by atoms with Gasteiger partial charge in [0, 0.05) is 41.7 Å².